The number of pyridine rings is 2. The van der Waals surface area contributed by atoms with E-state index in [4.69, 9.17) is 15.0 Å². The Labute approximate surface area is 354 Å². The summed E-state index contributed by atoms with van der Waals surface area (Å²) in [5.74, 6) is 0.654. The van der Waals surface area contributed by atoms with Crippen LogP contribution in [-0.2, 0) is 5.41 Å². The second kappa shape index (κ2) is 14.6. The first kappa shape index (κ1) is 35.9. The first-order chi connectivity index (χ1) is 29.5. The molecule has 0 atom stereocenters. The first-order valence-corrected chi connectivity index (χ1v) is 21.1. The van der Waals surface area contributed by atoms with Gasteiger partial charge in [0, 0.05) is 56.1 Å². The van der Waals surface area contributed by atoms with Crippen LogP contribution >= 0.6 is 11.8 Å². The van der Waals surface area contributed by atoms with E-state index < -0.39 is 0 Å². The molecule has 0 bridgehead atoms. The third-order valence-electron chi connectivity index (χ3n) is 11.9. The Bertz CT molecular complexity index is 3130. The van der Waals surface area contributed by atoms with E-state index in [0.717, 1.165) is 50.5 Å². The van der Waals surface area contributed by atoms with E-state index in [1.807, 2.05) is 48.4 Å². The van der Waals surface area contributed by atoms with Gasteiger partial charge in [0.1, 0.15) is 0 Å². The molecule has 0 unspecified atom stereocenters. The van der Waals surface area contributed by atoms with Crippen molar-refractivity contribution in [2.45, 2.75) is 29.1 Å². The summed E-state index contributed by atoms with van der Waals surface area (Å²) in [6.07, 6.45) is 10.0. The molecule has 0 fully saturated rings. The van der Waals surface area contributed by atoms with Gasteiger partial charge in [0.25, 0.3) is 0 Å². The fourth-order valence-electron chi connectivity index (χ4n) is 8.77. The van der Waals surface area contributed by atoms with E-state index >= 15 is 0 Å². The Balaban J connectivity index is 1.13. The Hall–Kier alpha value is -7.21. The van der Waals surface area contributed by atoms with Gasteiger partial charge >= 0.3 is 0 Å². The molecule has 0 amide bonds. The average Bonchev–Trinajstić information content (AvgIpc) is 3.52. The minimum atomic E-state index is -0.141. The van der Waals surface area contributed by atoms with Crippen LogP contribution in [0.3, 0.4) is 0 Å². The van der Waals surface area contributed by atoms with Gasteiger partial charge in [0.05, 0.1) is 17.1 Å². The summed E-state index contributed by atoms with van der Waals surface area (Å²) in [5, 5.41) is 0. The molecule has 1 aliphatic heterocycles. The first-order valence-electron chi connectivity index (χ1n) is 20.3. The summed E-state index contributed by atoms with van der Waals surface area (Å²) < 4.78 is 0. The summed E-state index contributed by atoms with van der Waals surface area (Å²) in [4.78, 5) is 22.1. The van der Waals surface area contributed by atoms with Crippen LogP contribution in [-0.4, -0.2) is 19.9 Å². The van der Waals surface area contributed by atoms with Crippen molar-refractivity contribution in [1.82, 2.24) is 19.9 Å². The highest BCUT2D eigenvalue weighted by Gasteiger charge is 2.36. The van der Waals surface area contributed by atoms with E-state index in [1.165, 1.54) is 54.3 Å². The Morgan fingerprint density at radius 1 is 0.417 bits per heavy atom. The van der Waals surface area contributed by atoms with Gasteiger partial charge in [0.2, 0.25) is 0 Å². The molecule has 0 spiro atoms. The molecule has 0 saturated carbocycles. The van der Waals surface area contributed by atoms with Crippen LogP contribution in [0.4, 0.5) is 0 Å². The summed E-state index contributed by atoms with van der Waals surface area (Å²) >= 11 is 1.85. The van der Waals surface area contributed by atoms with Crippen molar-refractivity contribution >= 4 is 23.9 Å². The molecule has 0 N–H and O–H groups in total. The Morgan fingerprint density at radius 2 is 1.10 bits per heavy atom. The minimum absolute atomic E-state index is 0.141. The van der Waals surface area contributed by atoms with E-state index in [0.29, 0.717) is 5.82 Å². The second-order valence-corrected chi connectivity index (χ2v) is 17.0. The molecule has 0 saturated heterocycles. The van der Waals surface area contributed by atoms with Crippen molar-refractivity contribution in [3.63, 3.8) is 0 Å². The molecular formula is C55H38N4S. The Kier molecular flexibility index (Phi) is 8.72. The van der Waals surface area contributed by atoms with E-state index in [1.54, 1.807) is 6.20 Å². The van der Waals surface area contributed by atoms with E-state index in [-0.39, 0.29) is 5.41 Å². The van der Waals surface area contributed by atoms with Crippen LogP contribution in [0.2, 0.25) is 0 Å². The lowest BCUT2D eigenvalue weighted by molar-refractivity contribution is 0.659. The zero-order valence-electron chi connectivity index (χ0n) is 33.2. The van der Waals surface area contributed by atoms with Crippen molar-refractivity contribution in [2.24, 2.45) is 0 Å². The second-order valence-electron chi connectivity index (χ2n) is 15.9. The quantitative estimate of drug-likeness (QED) is 0.178. The number of hydrogen-bond donors (Lipinski definition) is 0. The third kappa shape index (κ3) is 6.26. The summed E-state index contributed by atoms with van der Waals surface area (Å²) in [6, 6.07) is 58.5. The number of fused-ring (bicyclic) bond motifs is 9. The number of benzene rings is 6. The molecule has 9 aromatic rings. The monoisotopic (exact) mass is 786 g/mol. The molecular weight excluding hydrogens is 749 g/mol. The number of rotatable bonds is 4. The highest BCUT2D eigenvalue weighted by Crippen LogP contribution is 2.53. The largest absolute Gasteiger partial charge is 0.264 e. The van der Waals surface area contributed by atoms with Crippen molar-refractivity contribution in [3.05, 3.63) is 205 Å². The molecule has 11 rings (SSSR count). The normalized spacial score (nSPS) is 13.7. The minimum Gasteiger partial charge on any atom is -0.264 e. The SMILES string of the molecule is CC1(C)c2ccccc2-c2cc3c(cc21)Sc1ccccc1-c1ccccc1/C=C\c1ccc(-c2nc(-c4ccccc4)cc(-c4ccc(-c5cccnc5)nc4)n2)cc1-3. The average molecular weight is 787 g/mol. The molecule has 4 heterocycles. The van der Waals surface area contributed by atoms with Crippen LogP contribution in [0.5, 0.6) is 0 Å². The smallest absolute Gasteiger partial charge is 0.160 e. The van der Waals surface area contributed by atoms with Crippen molar-refractivity contribution in [2.75, 3.05) is 0 Å². The summed E-state index contributed by atoms with van der Waals surface area (Å²) in [7, 11) is 0. The summed E-state index contributed by atoms with van der Waals surface area (Å²) in [6.45, 7) is 4.71. The topological polar surface area (TPSA) is 51.6 Å². The van der Waals surface area contributed by atoms with E-state index in [2.05, 4.69) is 171 Å². The van der Waals surface area contributed by atoms with Gasteiger partial charge in [-0.2, -0.15) is 0 Å². The molecule has 60 heavy (non-hydrogen) atoms. The number of aromatic nitrogens is 4. The third-order valence-corrected chi connectivity index (χ3v) is 13.0. The molecule has 6 aromatic carbocycles. The van der Waals surface area contributed by atoms with Gasteiger partial charge in [-0.3, -0.25) is 9.97 Å². The molecule has 4 nitrogen and oxygen atoms in total. The lowest BCUT2D eigenvalue weighted by Gasteiger charge is -2.23. The van der Waals surface area contributed by atoms with Crippen molar-refractivity contribution in [1.29, 1.82) is 0 Å². The van der Waals surface area contributed by atoms with Gasteiger partial charge in [-0.1, -0.05) is 147 Å². The predicted octanol–water partition coefficient (Wildman–Crippen LogP) is 14.2. The van der Waals surface area contributed by atoms with Crippen LogP contribution in [0, 0.1) is 0 Å². The number of hydrogen-bond acceptors (Lipinski definition) is 5. The van der Waals surface area contributed by atoms with Gasteiger partial charge < -0.3 is 0 Å². The molecule has 3 aromatic heterocycles. The van der Waals surface area contributed by atoms with Crippen molar-refractivity contribution in [3.8, 4) is 78.5 Å². The highest BCUT2D eigenvalue weighted by molar-refractivity contribution is 7.99. The van der Waals surface area contributed by atoms with E-state index in [9.17, 15) is 0 Å². The van der Waals surface area contributed by atoms with Gasteiger partial charge in [-0.05, 0) is 110 Å². The molecule has 5 heteroatoms. The van der Waals surface area contributed by atoms with Crippen LogP contribution in [0.15, 0.2) is 192 Å². The fraction of sp³-hybridized carbons (Fsp3) is 0.0545. The van der Waals surface area contributed by atoms with Crippen LogP contribution in [0.25, 0.3) is 90.7 Å². The lowest BCUT2D eigenvalue weighted by Crippen LogP contribution is -2.15. The van der Waals surface area contributed by atoms with Gasteiger partial charge in [-0.25, -0.2) is 9.97 Å². The maximum Gasteiger partial charge on any atom is 0.160 e. The van der Waals surface area contributed by atoms with Crippen LogP contribution < -0.4 is 0 Å². The standard InChI is InChI=1S/C55H38N4S/c1-55(2)47-20-10-8-18-42(47)45-30-46-44-29-38(25-24-36(44)23-22-35-13-6-7-17-41(35)43-19-9-11-21-52(43)60-53(46)31-48(45)55)54-58-50(37-14-4-3-5-15-37)32-51(59-54)40-26-27-49(57-34-40)39-16-12-28-56-33-39/h3-34H,1-2H3/b23-22-. The van der Waals surface area contributed by atoms with Gasteiger partial charge in [-0.15, -0.1) is 0 Å². The molecule has 2 aliphatic rings. The summed E-state index contributed by atoms with van der Waals surface area (Å²) in [5.41, 5.74) is 18.6. The molecule has 0 radical (unpaired) electrons. The zero-order chi connectivity index (χ0) is 40.2. The zero-order valence-corrected chi connectivity index (χ0v) is 34.0. The maximum atomic E-state index is 5.28. The Morgan fingerprint density at radius 3 is 1.90 bits per heavy atom. The lowest BCUT2D eigenvalue weighted by atomic mass is 9.82. The maximum absolute atomic E-state index is 5.28. The van der Waals surface area contributed by atoms with Gasteiger partial charge in [0.15, 0.2) is 5.82 Å². The number of nitrogens with zero attached hydrogens (tertiary/aromatic N) is 4. The molecule has 284 valence electrons. The van der Waals surface area contributed by atoms with Crippen LogP contribution in [0.1, 0.15) is 36.1 Å². The predicted molar refractivity (Wildman–Crippen MR) is 247 cm³/mol. The molecule has 1 aliphatic carbocycles. The highest BCUT2D eigenvalue weighted by atomic mass is 32.2. The van der Waals surface area contributed by atoms with Crippen molar-refractivity contribution < 1.29 is 0 Å². The fourth-order valence-corrected chi connectivity index (χ4v) is 9.90.